The van der Waals surface area contributed by atoms with Gasteiger partial charge in [-0.2, -0.15) is 13.2 Å². The van der Waals surface area contributed by atoms with E-state index in [1.54, 1.807) is 0 Å². The Morgan fingerprint density at radius 1 is 1.24 bits per heavy atom. The highest BCUT2D eigenvalue weighted by Crippen LogP contribution is 2.35. The number of nitrogens with zero attached hydrogens (tertiary/aromatic N) is 1. The second-order valence-electron chi connectivity index (χ2n) is 7.20. The second-order valence-corrected chi connectivity index (χ2v) is 7.20. The van der Waals surface area contributed by atoms with E-state index in [4.69, 9.17) is 4.42 Å². The molecule has 1 fully saturated rings. The number of H-pyrrole nitrogens is 1. The van der Waals surface area contributed by atoms with Gasteiger partial charge in [0.15, 0.2) is 0 Å². The van der Waals surface area contributed by atoms with Crippen LogP contribution < -0.4 is 5.32 Å². The maximum Gasteiger partial charge on any atom is 0.395 e. The van der Waals surface area contributed by atoms with Gasteiger partial charge < -0.3 is 19.6 Å². The fourth-order valence-electron chi connectivity index (χ4n) is 3.67. The monoisotopic (exact) mass is 405 g/mol. The largest absolute Gasteiger partial charge is 0.472 e. The number of aryl methyl sites for hydroxylation is 1. The number of hydrogen-bond acceptors (Lipinski definition) is 3. The molecule has 0 bridgehead atoms. The van der Waals surface area contributed by atoms with Crippen LogP contribution in [0.25, 0.3) is 10.9 Å². The van der Waals surface area contributed by atoms with E-state index in [0.717, 1.165) is 22.2 Å². The molecule has 0 unspecified atom stereocenters. The number of carbonyl (C=O) groups excluding carboxylic acids is 2. The topological polar surface area (TPSA) is 78.3 Å². The molecule has 0 radical (unpaired) electrons. The lowest BCUT2D eigenvalue weighted by molar-refractivity contribution is -0.174. The first-order valence-corrected chi connectivity index (χ1v) is 9.01. The fraction of sp³-hybridized carbons (Fsp3) is 0.300. The molecule has 2 atom stereocenters. The fourth-order valence-corrected chi connectivity index (χ4v) is 3.67. The van der Waals surface area contributed by atoms with E-state index in [-0.39, 0.29) is 12.1 Å². The molecule has 3 heterocycles. The van der Waals surface area contributed by atoms with E-state index in [9.17, 15) is 22.8 Å². The van der Waals surface area contributed by atoms with Crippen molar-refractivity contribution in [1.29, 1.82) is 0 Å². The highest BCUT2D eigenvalue weighted by Gasteiger charge is 2.51. The SMILES string of the molecule is Cc1ccc2[nH]cc(C(=O)N3C[C@@H](C(F)(F)F)[C@H](NC(=O)c4ccoc4)C3)c2c1. The summed E-state index contributed by atoms with van der Waals surface area (Å²) in [5.74, 6) is -3.03. The highest BCUT2D eigenvalue weighted by molar-refractivity contribution is 6.07. The normalized spacial score (nSPS) is 19.7. The maximum atomic E-state index is 13.6. The Morgan fingerprint density at radius 2 is 2.03 bits per heavy atom. The Morgan fingerprint density at radius 3 is 2.72 bits per heavy atom. The number of nitrogens with one attached hydrogen (secondary N) is 2. The molecule has 1 aliphatic heterocycles. The maximum absolute atomic E-state index is 13.6. The number of aromatic amines is 1. The first kappa shape index (κ1) is 19.1. The van der Waals surface area contributed by atoms with Crippen molar-refractivity contribution in [2.45, 2.75) is 19.1 Å². The summed E-state index contributed by atoms with van der Waals surface area (Å²) in [6.07, 6.45) is -0.629. The Balaban J connectivity index is 1.58. The third-order valence-electron chi connectivity index (χ3n) is 5.20. The number of furan rings is 1. The summed E-state index contributed by atoms with van der Waals surface area (Å²) >= 11 is 0. The Bertz CT molecular complexity index is 1060. The van der Waals surface area contributed by atoms with Crippen molar-refractivity contribution in [2.24, 2.45) is 5.92 Å². The number of aromatic nitrogens is 1. The van der Waals surface area contributed by atoms with Gasteiger partial charge in [0.2, 0.25) is 0 Å². The van der Waals surface area contributed by atoms with Crippen LogP contribution in [-0.2, 0) is 0 Å². The molecule has 2 aromatic heterocycles. The zero-order valence-electron chi connectivity index (χ0n) is 15.4. The molecule has 0 spiro atoms. The predicted molar refractivity (Wildman–Crippen MR) is 98.4 cm³/mol. The summed E-state index contributed by atoms with van der Waals surface area (Å²) < 4.78 is 45.5. The van der Waals surface area contributed by atoms with Crippen molar-refractivity contribution < 1.29 is 27.2 Å². The molecule has 0 saturated carbocycles. The van der Waals surface area contributed by atoms with Crippen molar-refractivity contribution >= 4 is 22.7 Å². The van der Waals surface area contributed by atoms with Crippen LogP contribution in [0.1, 0.15) is 26.3 Å². The molecule has 1 aromatic carbocycles. The minimum Gasteiger partial charge on any atom is -0.472 e. The summed E-state index contributed by atoms with van der Waals surface area (Å²) in [5.41, 5.74) is 2.11. The van der Waals surface area contributed by atoms with E-state index in [1.807, 2.05) is 25.1 Å². The number of halogens is 3. The third kappa shape index (κ3) is 3.59. The van der Waals surface area contributed by atoms with E-state index in [1.165, 1.54) is 18.5 Å². The summed E-state index contributed by atoms with van der Waals surface area (Å²) in [6, 6.07) is 5.63. The van der Waals surface area contributed by atoms with Gasteiger partial charge in [0, 0.05) is 30.2 Å². The van der Waals surface area contributed by atoms with Crippen LogP contribution in [-0.4, -0.2) is 47.0 Å². The van der Waals surface area contributed by atoms with Crippen molar-refractivity contribution in [3.05, 3.63) is 59.7 Å². The van der Waals surface area contributed by atoms with Gasteiger partial charge in [-0.25, -0.2) is 0 Å². The zero-order valence-corrected chi connectivity index (χ0v) is 15.4. The number of likely N-dealkylation sites (tertiary alicyclic amines) is 1. The molecule has 152 valence electrons. The molecule has 9 heteroatoms. The number of hydrogen-bond donors (Lipinski definition) is 2. The minimum absolute atomic E-state index is 0.128. The Kier molecular flexibility index (Phi) is 4.60. The minimum atomic E-state index is -4.56. The van der Waals surface area contributed by atoms with Crippen LogP contribution in [0.15, 0.2) is 47.4 Å². The van der Waals surface area contributed by atoms with Gasteiger partial charge in [-0.3, -0.25) is 9.59 Å². The molecule has 1 aliphatic rings. The lowest BCUT2D eigenvalue weighted by Gasteiger charge is -2.21. The van der Waals surface area contributed by atoms with E-state index >= 15 is 0 Å². The standard InChI is InChI=1S/C20H18F3N3O3/c1-11-2-3-16-13(6-11)14(7-24-16)19(28)26-8-15(20(21,22)23)17(9-26)25-18(27)12-4-5-29-10-12/h2-7,10,15,17,24H,8-9H2,1H3,(H,25,27)/t15-,17-/m1/s1. The van der Waals surface area contributed by atoms with Crippen LogP contribution in [0.4, 0.5) is 13.2 Å². The Labute approximate surface area is 163 Å². The number of rotatable bonds is 3. The number of fused-ring (bicyclic) bond motifs is 1. The van der Waals surface area contributed by atoms with Crippen molar-refractivity contribution in [1.82, 2.24) is 15.2 Å². The van der Waals surface area contributed by atoms with Crippen molar-refractivity contribution in [3.8, 4) is 0 Å². The average Bonchev–Trinajstić information content (AvgIpc) is 3.39. The molecule has 6 nitrogen and oxygen atoms in total. The smallest absolute Gasteiger partial charge is 0.395 e. The number of benzene rings is 1. The van der Waals surface area contributed by atoms with Gasteiger partial charge in [0.25, 0.3) is 11.8 Å². The molecule has 2 N–H and O–H groups in total. The average molecular weight is 405 g/mol. The quantitative estimate of drug-likeness (QED) is 0.700. The van der Waals surface area contributed by atoms with Crippen molar-refractivity contribution in [2.75, 3.05) is 13.1 Å². The van der Waals surface area contributed by atoms with Gasteiger partial charge in [-0.15, -0.1) is 0 Å². The third-order valence-corrected chi connectivity index (χ3v) is 5.20. The number of carbonyl (C=O) groups is 2. The molecule has 0 aliphatic carbocycles. The summed E-state index contributed by atoms with van der Waals surface area (Å²) in [5, 5.41) is 3.05. The molecule has 4 rings (SSSR count). The summed E-state index contributed by atoms with van der Waals surface area (Å²) in [4.78, 5) is 29.3. The van der Waals surface area contributed by atoms with E-state index < -0.39 is 36.5 Å². The number of alkyl halides is 3. The lowest BCUT2D eigenvalue weighted by atomic mass is 10.0. The Hall–Kier alpha value is -3.23. The lowest BCUT2D eigenvalue weighted by Crippen LogP contribution is -2.45. The van der Waals surface area contributed by atoms with Crippen molar-refractivity contribution in [3.63, 3.8) is 0 Å². The molecule has 3 aromatic rings. The van der Waals surface area contributed by atoms with Crippen LogP contribution >= 0.6 is 0 Å². The van der Waals surface area contributed by atoms with Gasteiger partial charge >= 0.3 is 6.18 Å². The van der Waals surface area contributed by atoms with E-state index in [2.05, 4.69) is 10.3 Å². The highest BCUT2D eigenvalue weighted by atomic mass is 19.4. The molecule has 29 heavy (non-hydrogen) atoms. The van der Waals surface area contributed by atoms with Crippen LogP contribution in [0.2, 0.25) is 0 Å². The first-order chi connectivity index (χ1) is 13.7. The zero-order chi connectivity index (χ0) is 20.8. The van der Waals surface area contributed by atoms with E-state index in [0.29, 0.717) is 10.9 Å². The van der Waals surface area contributed by atoms with Crippen LogP contribution in [0.3, 0.4) is 0 Å². The van der Waals surface area contributed by atoms with Crippen LogP contribution in [0.5, 0.6) is 0 Å². The molecule has 2 amide bonds. The molecular weight excluding hydrogens is 387 g/mol. The van der Waals surface area contributed by atoms with Gasteiger partial charge in [0.1, 0.15) is 6.26 Å². The summed E-state index contributed by atoms with van der Waals surface area (Å²) in [6.45, 7) is 1.12. The molecule has 1 saturated heterocycles. The molecular formula is C20H18F3N3O3. The predicted octanol–water partition coefficient (Wildman–Crippen LogP) is 3.50. The first-order valence-electron chi connectivity index (χ1n) is 9.01. The van der Waals surface area contributed by atoms with Gasteiger partial charge in [-0.1, -0.05) is 11.6 Å². The van der Waals surface area contributed by atoms with Gasteiger partial charge in [-0.05, 0) is 25.1 Å². The number of amides is 2. The second kappa shape index (κ2) is 6.98. The summed E-state index contributed by atoms with van der Waals surface area (Å²) in [7, 11) is 0. The van der Waals surface area contributed by atoms with Crippen LogP contribution in [0, 0.1) is 12.8 Å². The van der Waals surface area contributed by atoms with Gasteiger partial charge in [0.05, 0.1) is 29.3 Å².